The first-order chi connectivity index (χ1) is 36.9. The summed E-state index contributed by atoms with van der Waals surface area (Å²) >= 11 is 0. The summed E-state index contributed by atoms with van der Waals surface area (Å²) < 4.78 is 58.7. The van der Waals surface area contributed by atoms with Gasteiger partial charge < -0.3 is 134 Å². The maximum absolute atomic E-state index is 14.7. The molecule has 28 heteroatoms. The van der Waals surface area contributed by atoms with Crippen molar-refractivity contribution in [2.75, 3.05) is 33.0 Å². The molecule has 9 rings (SSSR count). The minimum absolute atomic E-state index is 0.00378. The van der Waals surface area contributed by atoms with Crippen LogP contribution in [-0.4, -0.2) is 285 Å². The van der Waals surface area contributed by atoms with Gasteiger partial charge in [0.2, 0.25) is 6.29 Å². The van der Waals surface area contributed by atoms with E-state index in [1.165, 1.54) is 0 Å². The van der Waals surface area contributed by atoms with Crippen LogP contribution in [0.15, 0.2) is 12.2 Å². The molecule has 0 amide bonds. The Balaban J connectivity index is 0.855. The summed E-state index contributed by atoms with van der Waals surface area (Å²) in [6.45, 7) is 4.38. The van der Waals surface area contributed by atoms with Gasteiger partial charge >= 0.3 is 5.97 Å². The molecule has 1 spiro atoms. The maximum atomic E-state index is 14.7. The smallest absolute Gasteiger partial charge is 0.314 e. The van der Waals surface area contributed by atoms with Crippen molar-refractivity contribution in [3.63, 3.8) is 0 Å². The van der Waals surface area contributed by atoms with E-state index in [-0.39, 0.29) is 11.8 Å². The molecule has 5 aliphatic heterocycles. The molecule has 5 heterocycles. The number of fused-ring (bicyclic) bond motifs is 3. The van der Waals surface area contributed by atoms with Crippen molar-refractivity contribution in [1.29, 1.82) is 0 Å². The van der Waals surface area contributed by atoms with Crippen molar-refractivity contribution in [3.8, 4) is 0 Å². The second-order valence-corrected chi connectivity index (χ2v) is 23.6. The van der Waals surface area contributed by atoms with Crippen LogP contribution in [0.25, 0.3) is 0 Å². The van der Waals surface area contributed by atoms with Gasteiger partial charge in [0.25, 0.3) is 0 Å². The van der Waals surface area contributed by atoms with Crippen LogP contribution in [0, 0.1) is 28.1 Å². The number of carbonyl (C=O) groups is 1. The van der Waals surface area contributed by atoms with Crippen molar-refractivity contribution in [2.24, 2.45) is 28.1 Å². The van der Waals surface area contributed by atoms with Gasteiger partial charge in [0, 0.05) is 0 Å². The molecular formula is C50H80O28. The van der Waals surface area contributed by atoms with Crippen molar-refractivity contribution in [1.82, 2.24) is 0 Å². The Morgan fingerprint density at radius 2 is 0.897 bits per heavy atom. The Kier molecular flexibility index (Phi) is 18.2. The Labute approximate surface area is 448 Å². The van der Waals surface area contributed by atoms with Gasteiger partial charge in [-0.2, -0.15) is 0 Å². The minimum atomic E-state index is -2.04. The van der Waals surface area contributed by atoms with Crippen molar-refractivity contribution in [3.05, 3.63) is 12.2 Å². The van der Waals surface area contributed by atoms with Crippen LogP contribution in [0.4, 0.5) is 0 Å². The largest absolute Gasteiger partial charge is 0.432 e. The molecule has 448 valence electrons. The highest BCUT2D eigenvalue weighted by atomic mass is 16.8. The Morgan fingerprint density at radius 3 is 1.41 bits per heavy atom. The van der Waals surface area contributed by atoms with Gasteiger partial charge in [-0.05, 0) is 86.5 Å². The number of hydrogen-bond acceptors (Lipinski definition) is 28. The number of aliphatic hydroxyl groups excluding tert-OH is 17. The van der Waals surface area contributed by atoms with Gasteiger partial charge in [-0.1, -0.05) is 19.9 Å². The van der Waals surface area contributed by atoms with E-state index < -0.39 is 214 Å². The predicted octanol–water partition coefficient (Wildman–Crippen LogP) is -7.29. The number of aliphatic hydroxyl groups is 17. The number of hydrogen-bond donors (Lipinski definition) is 17. The standard InChI is InChI=1S/C50H80O28/c1-18-11-49-9-5-24-47(2,25(49)6-10-50(18,17-49)78-45-40(31(61)28(58)21(14-53)71-45)76-42-35(65)30(60)27(57)20(13-52)70-42)7-4-8-48(24,3)46(68)77-44-37(67)33(63)39(23(16-55)73-44)75-43-36(66)32(62)38(22(15-54)72-43)74-41-34(64)29(59)26(56)19(12-51)69-41/h19-45,51-67H,1,4-17H2,2-3H3/t19-,20-,21-,22-,23-,24+,25+,26-,27-,28-,29+,30+,31+,32-,33-,34-,35-,36-,37-,38-,39-,40-,41-,42+,43-,44+,45+,47-,48-,49-,50+/m1/s1. The summed E-state index contributed by atoms with van der Waals surface area (Å²) in [5.41, 5.74) is -2.39. The van der Waals surface area contributed by atoms with Gasteiger partial charge in [-0.3, -0.25) is 4.79 Å². The SMILES string of the molecule is C=C1C[C@@]23CC[C@H]4[C@@](C)(CCC[C@@]4(C)C(=O)O[C@@H]4O[C@H](CO)[C@@H](O[C@H]5O[C@H](CO)[C@@H](O[C@H]6O[C@H](CO)[C@@H](O)[C@H](O)[C@H]6O)[C@H](O)[C@H]5O)[C@H](O)[C@H]4O)[C@@H]2CC[C@]1(O[C@@H]1O[C@H](CO)[C@@H](O)[C@H](O)[C@H]1O[C@@H]1O[C@H](CO)[C@@H](O)[C@H](O)[C@H]1O)C3. The van der Waals surface area contributed by atoms with E-state index in [0.717, 1.165) is 12.0 Å². The molecule has 28 nitrogen and oxygen atoms in total. The van der Waals surface area contributed by atoms with E-state index in [0.29, 0.717) is 51.4 Å². The molecule has 0 radical (unpaired) electrons. The highest BCUT2D eigenvalue weighted by Crippen LogP contribution is 2.74. The molecule has 31 atom stereocenters. The molecule has 17 N–H and O–H groups in total. The zero-order valence-corrected chi connectivity index (χ0v) is 43.3. The monoisotopic (exact) mass is 1130 g/mol. The van der Waals surface area contributed by atoms with Crippen LogP contribution in [0.1, 0.15) is 71.6 Å². The van der Waals surface area contributed by atoms with Gasteiger partial charge in [-0.15, -0.1) is 0 Å². The predicted molar refractivity (Wildman–Crippen MR) is 252 cm³/mol. The highest BCUT2D eigenvalue weighted by Gasteiger charge is 2.70. The molecule has 0 aromatic carbocycles. The number of esters is 1. The van der Waals surface area contributed by atoms with E-state index in [1.807, 2.05) is 0 Å². The molecule has 5 saturated heterocycles. The summed E-state index contributed by atoms with van der Waals surface area (Å²) in [6.07, 6.45) is -38.4. The van der Waals surface area contributed by atoms with Gasteiger partial charge in [0.05, 0.1) is 44.1 Å². The van der Waals surface area contributed by atoms with Crippen LogP contribution >= 0.6 is 0 Å². The van der Waals surface area contributed by atoms with E-state index >= 15 is 0 Å². The molecular weight excluding hydrogens is 1050 g/mol. The van der Waals surface area contributed by atoms with E-state index in [2.05, 4.69) is 13.5 Å². The Hall–Kier alpha value is -1.83. The number of ether oxygens (including phenoxy) is 10. The lowest BCUT2D eigenvalue weighted by Crippen LogP contribution is -2.67. The fourth-order valence-electron chi connectivity index (χ4n) is 15.0. The van der Waals surface area contributed by atoms with Crippen LogP contribution in [0.2, 0.25) is 0 Å². The molecule has 4 aliphatic carbocycles. The fraction of sp³-hybridized carbons (Fsp3) is 0.940. The van der Waals surface area contributed by atoms with Crippen LogP contribution in [-0.2, 0) is 52.2 Å². The first kappa shape index (κ1) is 60.8. The molecule has 9 fully saturated rings. The van der Waals surface area contributed by atoms with Crippen molar-refractivity contribution >= 4 is 5.97 Å². The molecule has 4 saturated carbocycles. The first-order valence-electron chi connectivity index (χ1n) is 26.9. The van der Waals surface area contributed by atoms with Crippen LogP contribution in [0.3, 0.4) is 0 Å². The van der Waals surface area contributed by atoms with Crippen molar-refractivity contribution in [2.45, 2.75) is 231 Å². The fourth-order valence-corrected chi connectivity index (χ4v) is 15.0. The van der Waals surface area contributed by atoms with Crippen LogP contribution < -0.4 is 0 Å². The Bertz CT molecular complexity index is 2070. The average molecular weight is 1130 g/mol. The number of carbonyl (C=O) groups excluding carboxylic acids is 1. The topological polar surface area (TPSA) is 453 Å². The number of rotatable bonds is 15. The third-order valence-corrected chi connectivity index (χ3v) is 19.2. The quantitative estimate of drug-likeness (QED) is 0.0411. The summed E-state index contributed by atoms with van der Waals surface area (Å²) in [5, 5.41) is 180. The summed E-state index contributed by atoms with van der Waals surface area (Å²) in [5.74, 6) is -0.997. The van der Waals surface area contributed by atoms with Crippen molar-refractivity contribution < 1.29 is 139 Å². The Morgan fingerprint density at radius 1 is 0.487 bits per heavy atom. The molecule has 0 aromatic rings. The van der Waals surface area contributed by atoms with Crippen LogP contribution in [0.5, 0.6) is 0 Å². The summed E-state index contributed by atoms with van der Waals surface area (Å²) in [4.78, 5) is 14.7. The first-order valence-corrected chi connectivity index (χ1v) is 26.9. The summed E-state index contributed by atoms with van der Waals surface area (Å²) in [7, 11) is 0. The molecule has 0 aromatic heterocycles. The zero-order chi connectivity index (χ0) is 56.7. The highest BCUT2D eigenvalue weighted by molar-refractivity contribution is 5.77. The lowest BCUT2D eigenvalue weighted by Gasteiger charge is -2.64. The molecule has 78 heavy (non-hydrogen) atoms. The summed E-state index contributed by atoms with van der Waals surface area (Å²) in [6, 6.07) is 0. The third kappa shape index (κ3) is 10.3. The minimum Gasteiger partial charge on any atom is -0.432 e. The lowest BCUT2D eigenvalue weighted by molar-refractivity contribution is -0.378. The zero-order valence-electron chi connectivity index (χ0n) is 43.3. The van der Waals surface area contributed by atoms with Gasteiger partial charge in [0.1, 0.15) is 122 Å². The average Bonchev–Trinajstić information content (AvgIpc) is 3.88. The molecule has 2 bridgehead atoms. The lowest BCUT2D eigenvalue weighted by atomic mass is 9.41. The normalized spacial score (nSPS) is 54.5. The second-order valence-electron chi connectivity index (χ2n) is 23.6. The molecule has 9 aliphatic rings. The van der Waals surface area contributed by atoms with E-state index in [1.54, 1.807) is 6.92 Å². The van der Waals surface area contributed by atoms with Gasteiger partial charge in [-0.25, -0.2) is 0 Å². The van der Waals surface area contributed by atoms with E-state index in [4.69, 9.17) is 47.4 Å². The molecule has 0 unspecified atom stereocenters. The maximum Gasteiger partial charge on any atom is 0.314 e. The van der Waals surface area contributed by atoms with Gasteiger partial charge in [0.15, 0.2) is 25.2 Å². The third-order valence-electron chi connectivity index (χ3n) is 19.2. The second kappa shape index (κ2) is 23.3. The van der Waals surface area contributed by atoms with E-state index in [9.17, 15) is 91.6 Å².